The third-order valence-corrected chi connectivity index (χ3v) is 3.41. The van der Waals surface area contributed by atoms with E-state index in [4.69, 9.17) is 10.7 Å². The summed E-state index contributed by atoms with van der Waals surface area (Å²) in [7, 11) is 1.17. The number of carbonyl (C=O) groups excluding carboxylic acids is 2. The van der Waals surface area contributed by atoms with Gasteiger partial charge in [-0.15, -0.1) is 0 Å². The standard InChI is InChI=1S/C9H13ClN4O4S/c1-3-11-9(16)13-8(15)6(2)14-4-7(12-5-14)19(10,17)18/h4-6H,3H2,1-2H3,(H2,11,13,15,16). The van der Waals surface area contributed by atoms with Gasteiger partial charge in [0.1, 0.15) is 6.04 Å². The predicted octanol–water partition coefficient (Wildman–Crippen LogP) is 0.217. The average molecular weight is 309 g/mol. The number of imidazole rings is 1. The highest BCUT2D eigenvalue weighted by atomic mass is 35.7. The lowest BCUT2D eigenvalue weighted by molar-refractivity contribution is -0.122. The number of hydrogen-bond donors (Lipinski definition) is 2. The summed E-state index contributed by atoms with van der Waals surface area (Å²) < 4.78 is 23.3. The maximum absolute atomic E-state index is 11.7. The van der Waals surface area contributed by atoms with Crippen LogP contribution in [0.2, 0.25) is 0 Å². The molecule has 0 aliphatic rings. The van der Waals surface area contributed by atoms with E-state index in [1.807, 2.05) is 0 Å². The van der Waals surface area contributed by atoms with Crippen LogP contribution in [0.15, 0.2) is 17.6 Å². The van der Waals surface area contributed by atoms with Crippen LogP contribution in [0.3, 0.4) is 0 Å². The summed E-state index contributed by atoms with van der Waals surface area (Å²) in [4.78, 5) is 26.4. The van der Waals surface area contributed by atoms with E-state index in [1.54, 1.807) is 6.92 Å². The van der Waals surface area contributed by atoms with Crippen molar-refractivity contribution in [1.82, 2.24) is 20.2 Å². The van der Waals surface area contributed by atoms with E-state index in [-0.39, 0.29) is 5.03 Å². The van der Waals surface area contributed by atoms with Crippen molar-refractivity contribution in [1.29, 1.82) is 0 Å². The summed E-state index contributed by atoms with van der Waals surface area (Å²) in [5.41, 5.74) is 0. The quantitative estimate of drug-likeness (QED) is 0.773. The van der Waals surface area contributed by atoms with Gasteiger partial charge in [-0.1, -0.05) is 0 Å². The molecule has 1 aromatic heterocycles. The average Bonchev–Trinajstić information content (AvgIpc) is 2.76. The minimum absolute atomic E-state index is 0.355. The lowest BCUT2D eigenvalue weighted by atomic mass is 10.3. The molecule has 0 aliphatic carbocycles. The monoisotopic (exact) mass is 308 g/mol. The van der Waals surface area contributed by atoms with Crippen molar-refractivity contribution in [3.63, 3.8) is 0 Å². The number of nitrogens with one attached hydrogen (secondary N) is 2. The molecule has 0 fully saturated rings. The molecule has 0 bridgehead atoms. The Morgan fingerprint density at radius 1 is 1.53 bits per heavy atom. The molecule has 106 valence electrons. The zero-order chi connectivity index (χ0) is 14.6. The van der Waals surface area contributed by atoms with E-state index in [2.05, 4.69) is 15.6 Å². The van der Waals surface area contributed by atoms with E-state index in [0.29, 0.717) is 6.54 Å². The maximum atomic E-state index is 11.7. The van der Waals surface area contributed by atoms with Gasteiger partial charge in [-0.05, 0) is 13.8 Å². The molecule has 0 saturated heterocycles. The first-order chi connectivity index (χ1) is 8.75. The van der Waals surface area contributed by atoms with Crippen molar-refractivity contribution in [2.45, 2.75) is 24.9 Å². The first-order valence-electron chi connectivity index (χ1n) is 5.32. The lowest BCUT2D eigenvalue weighted by Gasteiger charge is -2.12. The summed E-state index contributed by atoms with van der Waals surface area (Å²) in [6.07, 6.45) is 2.27. The Labute approximate surface area is 114 Å². The number of aromatic nitrogens is 2. The zero-order valence-corrected chi connectivity index (χ0v) is 11.8. The van der Waals surface area contributed by atoms with Gasteiger partial charge >= 0.3 is 6.03 Å². The second kappa shape index (κ2) is 6.02. The van der Waals surface area contributed by atoms with Crippen LogP contribution in [0, 0.1) is 0 Å². The van der Waals surface area contributed by atoms with E-state index < -0.39 is 27.0 Å². The number of nitrogens with zero attached hydrogens (tertiary/aromatic N) is 2. The number of rotatable bonds is 4. The van der Waals surface area contributed by atoms with Gasteiger partial charge in [0.2, 0.25) is 0 Å². The molecule has 1 atom stereocenters. The van der Waals surface area contributed by atoms with Gasteiger partial charge in [-0.25, -0.2) is 18.2 Å². The van der Waals surface area contributed by atoms with Gasteiger partial charge in [0.15, 0.2) is 5.03 Å². The Kier molecular flexibility index (Phi) is 4.90. The highest BCUT2D eigenvalue weighted by Gasteiger charge is 2.20. The van der Waals surface area contributed by atoms with Crippen LogP contribution in [-0.2, 0) is 13.8 Å². The molecule has 1 aromatic rings. The molecule has 1 unspecified atom stereocenters. The second-order valence-corrected chi connectivity index (χ2v) is 6.13. The zero-order valence-electron chi connectivity index (χ0n) is 10.3. The molecular weight excluding hydrogens is 296 g/mol. The van der Waals surface area contributed by atoms with Gasteiger partial charge in [0, 0.05) is 23.4 Å². The Morgan fingerprint density at radius 2 is 2.16 bits per heavy atom. The number of halogens is 1. The molecule has 19 heavy (non-hydrogen) atoms. The number of urea groups is 1. The molecule has 0 aromatic carbocycles. The Bertz CT molecular complexity index is 583. The SMILES string of the molecule is CCNC(=O)NC(=O)C(C)n1cnc(S(=O)(=O)Cl)c1. The molecule has 10 heteroatoms. The summed E-state index contributed by atoms with van der Waals surface area (Å²) >= 11 is 0. The first-order valence-corrected chi connectivity index (χ1v) is 7.63. The second-order valence-electron chi connectivity index (χ2n) is 3.62. The highest BCUT2D eigenvalue weighted by Crippen LogP contribution is 2.14. The maximum Gasteiger partial charge on any atom is 0.321 e. The topological polar surface area (TPSA) is 110 Å². The van der Waals surface area contributed by atoms with Crippen LogP contribution in [-0.4, -0.2) is 36.5 Å². The van der Waals surface area contributed by atoms with Crippen molar-refractivity contribution in [3.05, 3.63) is 12.5 Å². The van der Waals surface area contributed by atoms with Crippen LogP contribution < -0.4 is 10.6 Å². The Hall–Kier alpha value is -1.61. The fourth-order valence-corrected chi connectivity index (χ4v) is 1.87. The molecule has 0 saturated carbocycles. The third kappa shape index (κ3) is 4.21. The fourth-order valence-electron chi connectivity index (χ4n) is 1.21. The molecule has 1 heterocycles. The molecular formula is C9H13ClN4O4S. The van der Waals surface area contributed by atoms with E-state index in [9.17, 15) is 18.0 Å². The van der Waals surface area contributed by atoms with Gasteiger partial charge in [-0.3, -0.25) is 10.1 Å². The minimum atomic E-state index is -3.94. The minimum Gasteiger partial charge on any atom is -0.338 e. The predicted molar refractivity (Wildman–Crippen MR) is 67.2 cm³/mol. The van der Waals surface area contributed by atoms with Gasteiger partial charge < -0.3 is 9.88 Å². The molecule has 3 amide bonds. The molecule has 2 N–H and O–H groups in total. The van der Waals surface area contributed by atoms with Gasteiger partial charge in [-0.2, -0.15) is 0 Å². The highest BCUT2D eigenvalue weighted by molar-refractivity contribution is 8.13. The summed E-state index contributed by atoms with van der Waals surface area (Å²) in [5.74, 6) is -0.595. The summed E-state index contributed by atoms with van der Waals surface area (Å²) in [5, 5.41) is 4.15. The number of hydrogen-bond acceptors (Lipinski definition) is 5. The van der Waals surface area contributed by atoms with Crippen LogP contribution in [0.1, 0.15) is 19.9 Å². The van der Waals surface area contributed by atoms with Crippen molar-refractivity contribution in [2.24, 2.45) is 0 Å². The summed E-state index contributed by atoms with van der Waals surface area (Å²) in [6.45, 7) is 3.58. The number of imide groups is 1. The van der Waals surface area contributed by atoms with Gasteiger partial charge in [0.05, 0.1) is 6.33 Å². The van der Waals surface area contributed by atoms with Gasteiger partial charge in [0.25, 0.3) is 15.0 Å². The molecule has 0 radical (unpaired) electrons. The van der Waals surface area contributed by atoms with Crippen LogP contribution >= 0.6 is 10.7 Å². The smallest absolute Gasteiger partial charge is 0.321 e. The van der Waals surface area contributed by atoms with Crippen molar-refractivity contribution in [3.8, 4) is 0 Å². The lowest BCUT2D eigenvalue weighted by Crippen LogP contribution is -2.42. The molecule has 0 aliphatic heterocycles. The normalized spacial score (nSPS) is 12.8. The van der Waals surface area contributed by atoms with E-state index in [1.165, 1.54) is 11.5 Å². The summed E-state index contributed by atoms with van der Waals surface area (Å²) in [6, 6.07) is -1.42. The fraction of sp³-hybridized carbons (Fsp3) is 0.444. The van der Waals surface area contributed by atoms with E-state index >= 15 is 0 Å². The van der Waals surface area contributed by atoms with Crippen molar-refractivity contribution < 1.29 is 18.0 Å². The van der Waals surface area contributed by atoms with E-state index in [0.717, 1.165) is 12.5 Å². The van der Waals surface area contributed by atoms with Crippen LogP contribution in [0.4, 0.5) is 4.79 Å². The Balaban J connectivity index is 2.78. The van der Waals surface area contributed by atoms with Crippen LogP contribution in [0.5, 0.6) is 0 Å². The molecule has 0 spiro atoms. The molecule has 1 rings (SSSR count). The largest absolute Gasteiger partial charge is 0.338 e. The Morgan fingerprint density at radius 3 is 2.63 bits per heavy atom. The number of carbonyl (C=O) groups is 2. The van der Waals surface area contributed by atoms with Crippen molar-refractivity contribution in [2.75, 3.05) is 6.54 Å². The van der Waals surface area contributed by atoms with Crippen LogP contribution in [0.25, 0.3) is 0 Å². The number of amides is 3. The third-order valence-electron chi connectivity index (χ3n) is 2.23. The molecule has 8 nitrogen and oxygen atoms in total. The first kappa shape index (κ1) is 15.4. The van der Waals surface area contributed by atoms with Crippen molar-refractivity contribution >= 4 is 31.7 Å².